The molecule has 0 saturated carbocycles. The first-order valence-electron chi connectivity index (χ1n) is 5.04. The minimum atomic E-state index is -0.931. The fourth-order valence-corrected chi connectivity index (χ4v) is 1.89. The monoisotopic (exact) mass is 285 g/mol. The summed E-state index contributed by atoms with van der Waals surface area (Å²) in [6.45, 7) is 5.62. The summed E-state index contributed by atoms with van der Waals surface area (Å²) in [5, 5.41) is 9.98. The summed E-state index contributed by atoms with van der Waals surface area (Å²) in [6, 6.07) is 7.50. The molecule has 0 fully saturated rings. The summed E-state index contributed by atoms with van der Waals surface area (Å²) >= 11 is 3.36. The Morgan fingerprint density at radius 3 is 2.12 bits per heavy atom. The lowest BCUT2D eigenvalue weighted by atomic mass is 10.1. The Bertz CT molecular complexity index is 368. The van der Waals surface area contributed by atoms with E-state index in [4.69, 9.17) is 0 Å². The molecule has 0 spiro atoms. The predicted molar refractivity (Wildman–Crippen MR) is 69.3 cm³/mol. The number of benzene rings is 1. The number of hydrogen-bond donors (Lipinski definition) is 1. The normalized spacial score (nSPS) is 11.2. The van der Waals surface area contributed by atoms with Crippen molar-refractivity contribution in [3.8, 4) is 0 Å². The minimum Gasteiger partial charge on any atom is -0.465 e. The number of alkyl halides is 1. The second-order valence-corrected chi connectivity index (χ2v) is 5.15. The fraction of sp³-hybridized carbons (Fsp3) is 0.417. The van der Waals surface area contributed by atoms with Crippen LogP contribution in [-0.2, 0) is 5.33 Å². The highest BCUT2D eigenvalue weighted by Gasteiger charge is 2.27. The van der Waals surface area contributed by atoms with E-state index in [9.17, 15) is 9.90 Å². The molecule has 1 aromatic carbocycles. The van der Waals surface area contributed by atoms with E-state index in [0.717, 1.165) is 10.9 Å². The molecule has 4 heteroatoms. The van der Waals surface area contributed by atoms with E-state index < -0.39 is 11.6 Å². The van der Waals surface area contributed by atoms with E-state index in [2.05, 4.69) is 15.9 Å². The molecule has 0 aliphatic heterocycles. The summed E-state index contributed by atoms with van der Waals surface area (Å²) in [4.78, 5) is 12.6. The molecule has 0 unspecified atom stereocenters. The van der Waals surface area contributed by atoms with Gasteiger partial charge in [-0.15, -0.1) is 0 Å². The average molecular weight is 286 g/mol. The van der Waals surface area contributed by atoms with E-state index in [1.54, 1.807) is 0 Å². The van der Waals surface area contributed by atoms with E-state index in [1.165, 1.54) is 4.90 Å². The van der Waals surface area contributed by atoms with Gasteiger partial charge in [0, 0.05) is 16.6 Å². The highest BCUT2D eigenvalue weighted by molar-refractivity contribution is 9.08. The first kappa shape index (κ1) is 13.0. The lowest BCUT2D eigenvalue weighted by molar-refractivity contribution is 0.195. The first-order chi connectivity index (χ1) is 7.36. The number of nitrogens with zero attached hydrogens (tertiary/aromatic N) is 1. The standard InChI is InChI=1S/C12H16BrNO2/c1-12(2,3)14(11(15)16)10-6-4-9(8-13)5-7-10/h4-7H,8H2,1-3H3,(H,15,16). The van der Waals surface area contributed by atoms with E-state index in [0.29, 0.717) is 5.69 Å². The van der Waals surface area contributed by atoms with Gasteiger partial charge in [-0.3, -0.25) is 4.90 Å². The number of carboxylic acid groups (broad SMARTS) is 1. The van der Waals surface area contributed by atoms with Crippen LogP contribution in [0.25, 0.3) is 0 Å². The van der Waals surface area contributed by atoms with Crippen molar-refractivity contribution >= 4 is 27.7 Å². The SMILES string of the molecule is CC(C)(C)N(C(=O)O)c1ccc(CBr)cc1. The molecule has 16 heavy (non-hydrogen) atoms. The molecule has 0 atom stereocenters. The molecule has 1 aromatic rings. The number of amides is 1. The van der Waals surface area contributed by atoms with E-state index in [-0.39, 0.29) is 0 Å². The third kappa shape index (κ3) is 2.98. The second-order valence-electron chi connectivity index (χ2n) is 4.59. The van der Waals surface area contributed by atoms with Crippen LogP contribution in [0.4, 0.5) is 10.5 Å². The molecule has 88 valence electrons. The van der Waals surface area contributed by atoms with Crippen LogP contribution in [0.3, 0.4) is 0 Å². The molecule has 0 saturated heterocycles. The fourth-order valence-electron chi connectivity index (χ4n) is 1.52. The third-order valence-electron chi connectivity index (χ3n) is 2.21. The van der Waals surface area contributed by atoms with Crippen LogP contribution in [0, 0.1) is 0 Å². The number of hydrogen-bond acceptors (Lipinski definition) is 1. The maximum absolute atomic E-state index is 11.2. The van der Waals surface area contributed by atoms with Crippen molar-refractivity contribution in [1.29, 1.82) is 0 Å². The Hall–Kier alpha value is -1.03. The van der Waals surface area contributed by atoms with E-state index >= 15 is 0 Å². The van der Waals surface area contributed by atoms with Crippen LogP contribution in [0.1, 0.15) is 26.3 Å². The van der Waals surface area contributed by atoms with Crippen LogP contribution in [0.15, 0.2) is 24.3 Å². The number of anilines is 1. The Kier molecular flexibility index (Phi) is 3.97. The number of halogens is 1. The summed E-state index contributed by atoms with van der Waals surface area (Å²) in [5.74, 6) is 0. The van der Waals surface area contributed by atoms with Crippen molar-refractivity contribution in [2.45, 2.75) is 31.6 Å². The van der Waals surface area contributed by atoms with Gasteiger partial charge in [-0.2, -0.15) is 0 Å². The van der Waals surface area contributed by atoms with Crippen LogP contribution < -0.4 is 4.90 Å². The molecular formula is C12H16BrNO2. The summed E-state index contributed by atoms with van der Waals surface area (Å²) in [6.07, 6.45) is -0.931. The lowest BCUT2D eigenvalue weighted by Crippen LogP contribution is -2.45. The molecule has 0 bridgehead atoms. The van der Waals surface area contributed by atoms with Crippen molar-refractivity contribution in [2.75, 3.05) is 4.90 Å². The van der Waals surface area contributed by atoms with Crippen molar-refractivity contribution in [1.82, 2.24) is 0 Å². The van der Waals surface area contributed by atoms with Gasteiger partial charge in [0.05, 0.1) is 0 Å². The largest absolute Gasteiger partial charge is 0.465 e. The molecule has 0 heterocycles. The maximum atomic E-state index is 11.2. The van der Waals surface area contributed by atoms with Gasteiger partial charge in [0.25, 0.3) is 0 Å². The van der Waals surface area contributed by atoms with Crippen molar-refractivity contribution in [3.05, 3.63) is 29.8 Å². The Morgan fingerprint density at radius 1 is 1.31 bits per heavy atom. The number of carbonyl (C=O) groups is 1. The second kappa shape index (κ2) is 4.87. The first-order valence-corrected chi connectivity index (χ1v) is 6.16. The zero-order chi connectivity index (χ0) is 12.3. The van der Waals surface area contributed by atoms with Gasteiger partial charge >= 0.3 is 6.09 Å². The molecule has 3 nitrogen and oxygen atoms in total. The topological polar surface area (TPSA) is 40.5 Å². The minimum absolute atomic E-state index is 0.443. The molecule has 0 aromatic heterocycles. The van der Waals surface area contributed by atoms with Gasteiger partial charge in [0.1, 0.15) is 0 Å². The van der Waals surface area contributed by atoms with Gasteiger partial charge < -0.3 is 5.11 Å². The molecular weight excluding hydrogens is 270 g/mol. The Balaban J connectivity index is 3.07. The Morgan fingerprint density at radius 2 is 1.81 bits per heavy atom. The van der Waals surface area contributed by atoms with Crippen molar-refractivity contribution in [3.63, 3.8) is 0 Å². The van der Waals surface area contributed by atoms with Crippen LogP contribution >= 0.6 is 15.9 Å². The van der Waals surface area contributed by atoms with Gasteiger partial charge in [-0.1, -0.05) is 28.1 Å². The zero-order valence-electron chi connectivity index (χ0n) is 9.70. The van der Waals surface area contributed by atoms with Crippen molar-refractivity contribution in [2.24, 2.45) is 0 Å². The van der Waals surface area contributed by atoms with Gasteiger partial charge in [-0.05, 0) is 38.5 Å². The highest BCUT2D eigenvalue weighted by Crippen LogP contribution is 2.24. The molecule has 1 N–H and O–H groups in total. The molecule has 0 aliphatic rings. The highest BCUT2D eigenvalue weighted by atomic mass is 79.9. The number of rotatable bonds is 2. The quantitative estimate of drug-likeness (QED) is 0.838. The van der Waals surface area contributed by atoms with E-state index in [1.807, 2.05) is 45.0 Å². The maximum Gasteiger partial charge on any atom is 0.412 e. The van der Waals surface area contributed by atoms with Gasteiger partial charge in [0.15, 0.2) is 0 Å². The molecule has 1 rings (SSSR count). The third-order valence-corrected chi connectivity index (χ3v) is 2.86. The van der Waals surface area contributed by atoms with Gasteiger partial charge in [-0.25, -0.2) is 4.79 Å². The average Bonchev–Trinajstić information content (AvgIpc) is 2.16. The lowest BCUT2D eigenvalue weighted by Gasteiger charge is -2.33. The van der Waals surface area contributed by atoms with Crippen LogP contribution in [0.5, 0.6) is 0 Å². The molecule has 0 aliphatic carbocycles. The van der Waals surface area contributed by atoms with Crippen LogP contribution in [0.2, 0.25) is 0 Å². The molecule has 0 radical (unpaired) electrons. The predicted octanol–water partition coefficient (Wildman–Crippen LogP) is 3.86. The van der Waals surface area contributed by atoms with Crippen LogP contribution in [-0.4, -0.2) is 16.7 Å². The van der Waals surface area contributed by atoms with Crippen molar-refractivity contribution < 1.29 is 9.90 Å². The summed E-state index contributed by atoms with van der Waals surface area (Å²) in [5.41, 5.74) is 1.38. The smallest absolute Gasteiger partial charge is 0.412 e. The molecule has 1 amide bonds. The Labute approximate surface area is 104 Å². The van der Waals surface area contributed by atoms with Gasteiger partial charge in [0.2, 0.25) is 0 Å². The summed E-state index contributed by atoms with van der Waals surface area (Å²) < 4.78 is 0. The summed E-state index contributed by atoms with van der Waals surface area (Å²) in [7, 11) is 0. The zero-order valence-corrected chi connectivity index (χ0v) is 11.3.